The molecule has 0 fully saturated rings. The predicted molar refractivity (Wildman–Crippen MR) is 68.2 cm³/mol. The van der Waals surface area contributed by atoms with Gasteiger partial charge in [0.15, 0.2) is 0 Å². The fourth-order valence-electron chi connectivity index (χ4n) is 1.34. The molecule has 0 saturated heterocycles. The molecule has 0 aromatic heterocycles. The summed E-state index contributed by atoms with van der Waals surface area (Å²) in [5, 5.41) is 0. The van der Waals surface area contributed by atoms with Gasteiger partial charge in [0.05, 0.1) is 0 Å². The Bertz CT molecular complexity index is 219. The zero-order valence-corrected chi connectivity index (χ0v) is 12.0. The highest BCUT2D eigenvalue weighted by Crippen LogP contribution is 2.23. The zero-order valence-electron chi connectivity index (χ0n) is 9.86. The summed E-state index contributed by atoms with van der Waals surface area (Å²) in [5.74, 6) is -0.295. The summed E-state index contributed by atoms with van der Waals surface area (Å²) in [6.45, 7) is 1.75. The first-order valence-corrected chi connectivity index (χ1v) is 6.90. The van der Waals surface area contributed by atoms with Crippen molar-refractivity contribution in [2.24, 2.45) is 0 Å². The molecular weight excluding hydrogens is 348 g/mol. The molecule has 1 unspecified atom stereocenters. The van der Waals surface area contributed by atoms with Crippen molar-refractivity contribution in [3.63, 3.8) is 0 Å². The predicted octanol–water partition coefficient (Wildman–Crippen LogP) is 4.26. The Hall–Kier alpha value is -0.0100. The molecule has 6 heteroatoms. The molecule has 0 saturated carbocycles. The van der Waals surface area contributed by atoms with E-state index in [0.717, 1.165) is 19.3 Å². The van der Waals surface area contributed by atoms with Crippen LogP contribution in [0.1, 0.15) is 45.4 Å². The molecule has 0 spiro atoms. The van der Waals surface area contributed by atoms with Gasteiger partial charge in [0.2, 0.25) is 0 Å². The number of carbonyl (C=O) groups is 1. The van der Waals surface area contributed by atoms with E-state index < -0.39 is 12.6 Å². The number of ether oxygens (including phenoxy) is 1. The maximum atomic E-state index is 11.8. The second-order valence-corrected chi connectivity index (χ2v) is 5.73. The molecule has 1 atom stereocenters. The number of rotatable bonds is 8. The Morgan fingerprint density at radius 2 is 1.82 bits per heavy atom. The molecule has 0 aliphatic carbocycles. The van der Waals surface area contributed by atoms with E-state index in [2.05, 4.69) is 22.6 Å². The van der Waals surface area contributed by atoms with Gasteiger partial charge in [-0.1, -0.05) is 41.9 Å². The summed E-state index contributed by atoms with van der Waals surface area (Å²) in [6.07, 6.45) is -1.34. The Kier molecular flexibility index (Phi) is 8.99. The van der Waals surface area contributed by atoms with E-state index in [4.69, 9.17) is 4.74 Å². The van der Waals surface area contributed by atoms with Crippen molar-refractivity contribution in [2.45, 2.75) is 55.5 Å². The SMILES string of the molecule is CC(=O)OCC(I)CCCCCCC(F)(F)F. The fraction of sp³-hybridized carbons (Fsp3) is 0.909. The van der Waals surface area contributed by atoms with Crippen LogP contribution in [0, 0.1) is 0 Å². The smallest absolute Gasteiger partial charge is 0.389 e. The third-order valence-corrected chi connectivity index (χ3v) is 3.18. The van der Waals surface area contributed by atoms with Gasteiger partial charge in [-0.15, -0.1) is 0 Å². The summed E-state index contributed by atoms with van der Waals surface area (Å²) >= 11 is 2.19. The van der Waals surface area contributed by atoms with Crippen LogP contribution in [0.4, 0.5) is 13.2 Å². The molecule has 0 amide bonds. The Balaban J connectivity index is 3.30. The van der Waals surface area contributed by atoms with E-state index in [0.29, 0.717) is 13.0 Å². The average Bonchev–Trinajstić information content (AvgIpc) is 2.18. The van der Waals surface area contributed by atoms with Gasteiger partial charge in [0.25, 0.3) is 0 Å². The van der Waals surface area contributed by atoms with Gasteiger partial charge in [-0.05, 0) is 12.8 Å². The molecule has 0 aromatic carbocycles. The normalized spacial score (nSPS) is 13.5. The molecule has 0 heterocycles. The fourth-order valence-corrected chi connectivity index (χ4v) is 1.96. The van der Waals surface area contributed by atoms with Crippen LogP contribution >= 0.6 is 22.6 Å². The molecule has 0 rings (SSSR count). The molecule has 102 valence electrons. The largest absolute Gasteiger partial charge is 0.465 e. The van der Waals surface area contributed by atoms with E-state index in [9.17, 15) is 18.0 Å². The number of alkyl halides is 4. The third-order valence-electron chi connectivity index (χ3n) is 2.20. The van der Waals surface area contributed by atoms with Crippen molar-refractivity contribution >= 4 is 28.6 Å². The molecule has 0 radical (unpaired) electrons. The summed E-state index contributed by atoms with van der Waals surface area (Å²) in [6, 6.07) is 0. The molecule has 2 nitrogen and oxygen atoms in total. The molecule has 17 heavy (non-hydrogen) atoms. The Morgan fingerprint density at radius 3 is 2.35 bits per heavy atom. The van der Waals surface area contributed by atoms with E-state index in [1.165, 1.54) is 6.92 Å². The van der Waals surface area contributed by atoms with Crippen LogP contribution in [-0.4, -0.2) is 22.7 Å². The van der Waals surface area contributed by atoms with Crippen LogP contribution in [-0.2, 0) is 9.53 Å². The first kappa shape index (κ1) is 17.0. The molecular formula is C11H18F3IO2. The van der Waals surface area contributed by atoms with E-state index >= 15 is 0 Å². The van der Waals surface area contributed by atoms with Crippen LogP contribution in [0.3, 0.4) is 0 Å². The highest BCUT2D eigenvalue weighted by molar-refractivity contribution is 14.1. The van der Waals surface area contributed by atoms with E-state index in [1.54, 1.807) is 0 Å². The summed E-state index contributed by atoms with van der Waals surface area (Å²) in [5.41, 5.74) is 0. The van der Waals surface area contributed by atoms with Crippen molar-refractivity contribution < 1.29 is 22.7 Å². The van der Waals surface area contributed by atoms with Crippen molar-refractivity contribution in [3.8, 4) is 0 Å². The molecule has 0 aliphatic heterocycles. The van der Waals surface area contributed by atoms with Crippen LogP contribution in [0.5, 0.6) is 0 Å². The highest BCUT2D eigenvalue weighted by atomic mass is 127. The minimum absolute atomic E-state index is 0.208. The molecule has 0 aliphatic rings. The van der Waals surface area contributed by atoms with E-state index in [1.807, 2.05) is 0 Å². The summed E-state index contributed by atoms with van der Waals surface area (Å²) in [4.78, 5) is 10.5. The molecule has 0 bridgehead atoms. The monoisotopic (exact) mass is 366 g/mol. The lowest BCUT2D eigenvalue weighted by molar-refractivity contribution is -0.140. The maximum absolute atomic E-state index is 11.8. The number of halogens is 4. The average molecular weight is 366 g/mol. The zero-order chi connectivity index (χ0) is 13.3. The van der Waals surface area contributed by atoms with Crippen molar-refractivity contribution in [3.05, 3.63) is 0 Å². The number of carbonyl (C=O) groups excluding carboxylic acids is 1. The Morgan fingerprint density at radius 1 is 1.24 bits per heavy atom. The van der Waals surface area contributed by atoms with Gasteiger partial charge in [-0.2, -0.15) is 13.2 Å². The first-order valence-electron chi connectivity index (χ1n) is 5.65. The highest BCUT2D eigenvalue weighted by Gasteiger charge is 2.25. The second kappa shape index (κ2) is 8.99. The standard InChI is InChI=1S/C11H18F3IO2/c1-9(16)17-8-10(15)6-4-2-3-5-7-11(12,13)14/h10H,2-8H2,1H3. The van der Waals surface area contributed by atoms with Crippen molar-refractivity contribution in [1.82, 2.24) is 0 Å². The van der Waals surface area contributed by atoms with Crippen LogP contribution in [0.2, 0.25) is 0 Å². The lowest BCUT2D eigenvalue weighted by Gasteiger charge is -2.09. The third kappa shape index (κ3) is 13.9. The Labute approximate surface area is 113 Å². The van der Waals surface area contributed by atoms with Crippen LogP contribution in [0.15, 0.2) is 0 Å². The van der Waals surface area contributed by atoms with Gasteiger partial charge < -0.3 is 4.74 Å². The summed E-state index contributed by atoms with van der Waals surface area (Å²) < 4.78 is 40.5. The lowest BCUT2D eigenvalue weighted by atomic mass is 10.1. The van der Waals surface area contributed by atoms with Crippen LogP contribution < -0.4 is 0 Å². The minimum atomic E-state index is -4.03. The minimum Gasteiger partial charge on any atom is -0.465 e. The lowest BCUT2D eigenvalue weighted by Crippen LogP contribution is -2.11. The number of unbranched alkanes of at least 4 members (excludes halogenated alkanes) is 3. The summed E-state index contributed by atoms with van der Waals surface area (Å²) in [7, 11) is 0. The van der Waals surface area contributed by atoms with Gasteiger partial charge in [0, 0.05) is 17.3 Å². The van der Waals surface area contributed by atoms with Crippen molar-refractivity contribution in [2.75, 3.05) is 6.61 Å². The number of esters is 1. The first-order chi connectivity index (χ1) is 7.81. The second-order valence-electron chi connectivity index (χ2n) is 3.97. The van der Waals surface area contributed by atoms with Crippen molar-refractivity contribution in [1.29, 1.82) is 0 Å². The van der Waals surface area contributed by atoms with Gasteiger partial charge >= 0.3 is 12.1 Å². The molecule has 0 N–H and O–H groups in total. The van der Waals surface area contributed by atoms with Crippen LogP contribution in [0.25, 0.3) is 0 Å². The maximum Gasteiger partial charge on any atom is 0.389 e. The quantitative estimate of drug-likeness (QED) is 0.278. The van der Waals surface area contributed by atoms with Gasteiger partial charge in [0.1, 0.15) is 6.61 Å². The van der Waals surface area contributed by atoms with Gasteiger partial charge in [-0.25, -0.2) is 0 Å². The molecule has 0 aromatic rings. The topological polar surface area (TPSA) is 26.3 Å². The van der Waals surface area contributed by atoms with E-state index in [-0.39, 0.29) is 16.3 Å². The number of hydrogen-bond donors (Lipinski definition) is 0. The van der Waals surface area contributed by atoms with Gasteiger partial charge in [-0.3, -0.25) is 4.79 Å². The number of hydrogen-bond acceptors (Lipinski definition) is 2.